The van der Waals surface area contributed by atoms with Gasteiger partial charge in [0.2, 0.25) is 11.8 Å². The van der Waals surface area contributed by atoms with E-state index in [1.165, 1.54) is 4.90 Å². The SMILES string of the molecule is CC(C)c1cc(NC(=O)CN2CCCSc3ccccc32)on1. The summed E-state index contributed by atoms with van der Waals surface area (Å²) in [5, 5.41) is 6.76. The molecule has 0 bridgehead atoms. The van der Waals surface area contributed by atoms with Gasteiger partial charge in [-0.05, 0) is 30.2 Å². The first-order valence-electron chi connectivity index (χ1n) is 7.86. The first-order valence-corrected chi connectivity index (χ1v) is 8.85. The fraction of sp³-hybridized carbons (Fsp3) is 0.412. The molecule has 23 heavy (non-hydrogen) atoms. The number of fused-ring (bicyclic) bond motifs is 1. The maximum Gasteiger partial charge on any atom is 0.246 e. The monoisotopic (exact) mass is 331 g/mol. The Morgan fingerprint density at radius 1 is 1.43 bits per heavy atom. The van der Waals surface area contributed by atoms with Gasteiger partial charge in [0, 0.05) is 17.5 Å². The summed E-state index contributed by atoms with van der Waals surface area (Å²) < 4.78 is 5.18. The molecule has 122 valence electrons. The molecule has 0 saturated heterocycles. The molecular weight excluding hydrogens is 310 g/mol. The molecular formula is C17H21N3O2S. The third kappa shape index (κ3) is 3.88. The summed E-state index contributed by atoms with van der Waals surface area (Å²) >= 11 is 1.85. The summed E-state index contributed by atoms with van der Waals surface area (Å²) in [4.78, 5) is 15.7. The summed E-state index contributed by atoms with van der Waals surface area (Å²) in [7, 11) is 0. The van der Waals surface area contributed by atoms with Gasteiger partial charge in [0.05, 0.1) is 17.9 Å². The fourth-order valence-corrected chi connectivity index (χ4v) is 3.55. The molecule has 0 saturated carbocycles. The molecule has 1 amide bonds. The minimum atomic E-state index is -0.0850. The Kier molecular flexibility index (Phi) is 4.91. The second-order valence-electron chi connectivity index (χ2n) is 5.91. The number of nitrogens with one attached hydrogen (secondary N) is 1. The number of thioether (sulfide) groups is 1. The highest BCUT2D eigenvalue weighted by Gasteiger charge is 2.19. The van der Waals surface area contributed by atoms with E-state index >= 15 is 0 Å². The van der Waals surface area contributed by atoms with Crippen molar-refractivity contribution in [2.75, 3.05) is 29.1 Å². The highest BCUT2D eigenvalue weighted by molar-refractivity contribution is 7.99. The summed E-state index contributed by atoms with van der Waals surface area (Å²) in [5.74, 6) is 1.68. The third-order valence-corrected chi connectivity index (χ3v) is 4.90. The van der Waals surface area contributed by atoms with Crippen LogP contribution in [0.25, 0.3) is 0 Å². The van der Waals surface area contributed by atoms with E-state index in [-0.39, 0.29) is 11.8 Å². The van der Waals surface area contributed by atoms with Gasteiger partial charge in [-0.15, -0.1) is 11.8 Å². The Bertz CT molecular complexity index is 684. The zero-order valence-electron chi connectivity index (χ0n) is 13.4. The van der Waals surface area contributed by atoms with Crippen molar-refractivity contribution in [3.63, 3.8) is 0 Å². The van der Waals surface area contributed by atoms with Crippen LogP contribution in [-0.2, 0) is 4.79 Å². The lowest BCUT2D eigenvalue weighted by Gasteiger charge is -2.23. The lowest BCUT2D eigenvalue weighted by atomic mass is 10.1. The number of aromatic nitrogens is 1. The van der Waals surface area contributed by atoms with Gasteiger partial charge < -0.3 is 9.42 Å². The number of hydrogen-bond donors (Lipinski definition) is 1. The molecule has 0 aliphatic carbocycles. The first-order chi connectivity index (χ1) is 11.1. The number of anilines is 2. The van der Waals surface area contributed by atoms with Crippen LogP contribution >= 0.6 is 11.8 Å². The largest absolute Gasteiger partial charge is 0.361 e. The molecule has 1 aromatic heterocycles. The number of nitrogens with zero attached hydrogens (tertiary/aromatic N) is 2. The van der Waals surface area contributed by atoms with E-state index in [9.17, 15) is 4.79 Å². The summed E-state index contributed by atoms with van der Waals surface area (Å²) in [5.41, 5.74) is 1.97. The van der Waals surface area contributed by atoms with Crippen molar-refractivity contribution in [1.29, 1.82) is 0 Å². The Labute approximate surface area is 140 Å². The van der Waals surface area contributed by atoms with Gasteiger partial charge in [-0.2, -0.15) is 0 Å². The van der Waals surface area contributed by atoms with Crippen LogP contribution in [0.5, 0.6) is 0 Å². The normalized spacial score (nSPS) is 14.5. The lowest BCUT2D eigenvalue weighted by Crippen LogP contribution is -2.33. The van der Waals surface area contributed by atoms with E-state index in [1.54, 1.807) is 6.07 Å². The molecule has 1 aromatic carbocycles. The van der Waals surface area contributed by atoms with Crippen LogP contribution in [0.3, 0.4) is 0 Å². The summed E-state index contributed by atoms with van der Waals surface area (Å²) in [6, 6.07) is 10.0. The number of amides is 1. The van der Waals surface area contributed by atoms with E-state index < -0.39 is 0 Å². The average Bonchev–Trinajstić information content (AvgIpc) is 2.90. The van der Waals surface area contributed by atoms with Crippen LogP contribution in [0.2, 0.25) is 0 Å². The van der Waals surface area contributed by atoms with Crippen molar-refractivity contribution < 1.29 is 9.32 Å². The van der Waals surface area contributed by atoms with Gasteiger partial charge in [-0.1, -0.05) is 31.1 Å². The van der Waals surface area contributed by atoms with Gasteiger partial charge >= 0.3 is 0 Å². The second kappa shape index (κ2) is 7.08. The highest BCUT2D eigenvalue weighted by Crippen LogP contribution is 2.33. The zero-order valence-corrected chi connectivity index (χ0v) is 14.2. The minimum absolute atomic E-state index is 0.0850. The lowest BCUT2D eigenvalue weighted by molar-refractivity contribution is -0.115. The maximum absolute atomic E-state index is 12.3. The van der Waals surface area contributed by atoms with E-state index in [4.69, 9.17) is 4.52 Å². The quantitative estimate of drug-likeness (QED) is 0.925. The third-order valence-electron chi connectivity index (χ3n) is 3.75. The first kappa shape index (κ1) is 15.9. The second-order valence-corrected chi connectivity index (χ2v) is 7.05. The van der Waals surface area contributed by atoms with Crippen molar-refractivity contribution in [3.05, 3.63) is 36.0 Å². The van der Waals surface area contributed by atoms with Crippen LogP contribution in [-0.4, -0.2) is 29.9 Å². The Hall–Kier alpha value is -1.95. The molecule has 0 fully saturated rings. The average molecular weight is 331 g/mol. The molecule has 1 N–H and O–H groups in total. The number of rotatable bonds is 4. The van der Waals surface area contributed by atoms with Crippen molar-refractivity contribution in [1.82, 2.24) is 5.16 Å². The predicted octanol–water partition coefficient (Wildman–Crippen LogP) is 3.74. The van der Waals surface area contributed by atoms with Gasteiger partial charge in [0.25, 0.3) is 0 Å². The maximum atomic E-state index is 12.3. The van der Waals surface area contributed by atoms with Gasteiger partial charge in [0.15, 0.2) is 0 Å². The Morgan fingerprint density at radius 3 is 3.04 bits per heavy atom. The molecule has 0 spiro atoms. The van der Waals surface area contributed by atoms with Crippen LogP contribution < -0.4 is 10.2 Å². The highest BCUT2D eigenvalue weighted by atomic mass is 32.2. The van der Waals surface area contributed by atoms with Crippen molar-refractivity contribution >= 4 is 29.2 Å². The van der Waals surface area contributed by atoms with E-state index in [0.717, 1.165) is 30.1 Å². The summed E-state index contributed by atoms with van der Waals surface area (Å²) in [6.07, 6.45) is 1.06. The zero-order chi connectivity index (χ0) is 16.2. The summed E-state index contributed by atoms with van der Waals surface area (Å²) in [6.45, 7) is 5.27. The smallest absolute Gasteiger partial charge is 0.246 e. The van der Waals surface area contributed by atoms with Crippen LogP contribution in [0.4, 0.5) is 11.6 Å². The number of benzene rings is 1. The van der Waals surface area contributed by atoms with Crippen molar-refractivity contribution in [2.45, 2.75) is 31.1 Å². The van der Waals surface area contributed by atoms with Crippen LogP contribution in [0, 0.1) is 0 Å². The molecule has 1 aliphatic heterocycles. The predicted molar refractivity (Wildman–Crippen MR) is 93.2 cm³/mol. The Morgan fingerprint density at radius 2 is 2.26 bits per heavy atom. The molecule has 2 heterocycles. The molecule has 3 rings (SSSR count). The fourth-order valence-electron chi connectivity index (χ4n) is 2.53. The molecule has 2 aromatic rings. The van der Waals surface area contributed by atoms with Crippen LogP contribution in [0.1, 0.15) is 31.9 Å². The number of carbonyl (C=O) groups is 1. The molecule has 0 atom stereocenters. The Balaban J connectivity index is 1.67. The molecule has 0 radical (unpaired) electrons. The molecule has 5 nitrogen and oxygen atoms in total. The number of carbonyl (C=O) groups excluding carboxylic acids is 1. The number of para-hydroxylation sites is 1. The molecule has 6 heteroatoms. The topological polar surface area (TPSA) is 58.4 Å². The van der Waals surface area contributed by atoms with Gasteiger partial charge in [-0.25, -0.2) is 0 Å². The van der Waals surface area contributed by atoms with Crippen molar-refractivity contribution in [2.24, 2.45) is 0 Å². The van der Waals surface area contributed by atoms with Crippen LogP contribution in [0.15, 0.2) is 39.8 Å². The number of hydrogen-bond acceptors (Lipinski definition) is 5. The van der Waals surface area contributed by atoms with E-state index in [0.29, 0.717) is 12.4 Å². The van der Waals surface area contributed by atoms with E-state index in [1.807, 2.05) is 37.7 Å². The minimum Gasteiger partial charge on any atom is -0.361 e. The standard InChI is InChI=1S/C17H21N3O2S/c1-12(2)13-10-17(22-19-13)18-16(21)11-20-8-5-9-23-15-7-4-3-6-14(15)20/h3-4,6-7,10,12H,5,8-9,11H2,1-2H3,(H,18,21). The molecule has 0 unspecified atom stereocenters. The van der Waals surface area contributed by atoms with E-state index in [2.05, 4.69) is 27.5 Å². The van der Waals surface area contributed by atoms with Gasteiger partial charge in [0.1, 0.15) is 0 Å². The van der Waals surface area contributed by atoms with Gasteiger partial charge in [-0.3, -0.25) is 10.1 Å². The van der Waals surface area contributed by atoms with Crippen molar-refractivity contribution in [3.8, 4) is 0 Å². The molecule has 1 aliphatic rings.